The first-order valence-corrected chi connectivity index (χ1v) is 6.69. The molecule has 0 saturated heterocycles. The summed E-state index contributed by atoms with van der Waals surface area (Å²) in [5.74, 6) is 1.24. The van der Waals surface area contributed by atoms with E-state index in [9.17, 15) is 4.79 Å². The van der Waals surface area contributed by atoms with Crippen LogP contribution in [0.2, 0.25) is 5.22 Å². The number of nitrogens with zero attached hydrogens (tertiary/aromatic N) is 1. The number of amides is 1. The molecule has 108 valence electrons. The van der Waals surface area contributed by atoms with Crippen LogP contribution in [0.25, 0.3) is 0 Å². The van der Waals surface area contributed by atoms with E-state index >= 15 is 0 Å². The molecule has 0 bridgehead atoms. The van der Waals surface area contributed by atoms with Gasteiger partial charge < -0.3 is 18.2 Å². The largest absolute Gasteiger partial charge is 0.467 e. The van der Waals surface area contributed by atoms with Crippen molar-refractivity contribution in [3.05, 3.63) is 71.4 Å². The third kappa shape index (κ3) is 3.20. The third-order valence-electron chi connectivity index (χ3n) is 2.92. The lowest BCUT2D eigenvalue weighted by Crippen LogP contribution is -2.29. The summed E-state index contributed by atoms with van der Waals surface area (Å²) in [7, 11) is 0. The topological polar surface area (TPSA) is 59.7 Å². The molecule has 1 amide bonds. The number of carbonyl (C=O) groups excluding carboxylic acids is 1. The molecule has 0 N–H and O–H groups in total. The second kappa shape index (κ2) is 5.93. The average Bonchev–Trinajstić information content (AvgIpc) is 3.19. The maximum absolute atomic E-state index is 12.5. The summed E-state index contributed by atoms with van der Waals surface area (Å²) in [4.78, 5) is 14.1. The predicted molar refractivity (Wildman–Crippen MR) is 74.7 cm³/mol. The van der Waals surface area contributed by atoms with Crippen LogP contribution in [0.3, 0.4) is 0 Å². The van der Waals surface area contributed by atoms with Crippen LogP contribution in [0.1, 0.15) is 22.1 Å². The van der Waals surface area contributed by atoms with Crippen molar-refractivity contribution in [2.24, 2.45) is 0 Å². The van der Waals surface area contributed by atoms with Gasteiger partial charge in [-0.25, -0.2) is 0 Å². The minimum atomic E-state index is -0.283. The third-order valence-corrected chi connectivity index (χ3v) is 3.13. The van der Waals surface area contributed by atoms with Crippen LogP contribution in [0.5, 0.6) is 0 Å². The molecule has 3 heterocycles. The van der Waals surface area contributed by atoms with Gasteiger partial charge in [0.1, 0.15) is 11.5 Å². The Balaban J connectivity index is 1.82. The molecule has 3 aromatic heterocycles. The van der Waals surface area contributed by atoms with Crippen LogP contribution in [0.4, 0.5) is 0 Å². The molecule has 0 saturated carbocycles. The van der Waals surface area contributed by atoms with Crippen molar-refractivity contribution in [1.82, 2.24) is 4.90 Å². The molecule has 0 aliphatic heterocycles. The second-order valence-electron chi connectivity index (χ2n) is 4.42. The second-order valence-corrected chi connectivity index (χ2v) is 4.80. The summed E-state index contributed by atoms with van der Waals surface area (Å²) in [5, 5.41) is 0.175. The zero-order valence-corrected chi connectivity index (χ0v) is 11.7. The van der Waals surface area contributed by atoms with Gasteiger partial charge in [0.05, 0.1) is 25.6 Å². The monoisotopic (exact) mass is 305 g/mol. The van der Waals surface area contributed by atoms with E-state index in [1.165, 1.54) is 6.07 Å². The predicted octanol–water partition coefficient (Wildman–Crippen LogP) is 3.96. The van der Waals surface area contributed by atoms with Gasteiger partial charge in [0.15, 0.2) is 11.0 Å². The van der Waals surface area contributed by atoms with Gasteiger partial charge in [-0.2, -0.15) is 0 Å². The summed E-state index contributed by atoms with van der Waals surface area (Å²) in [5.41, 5.74) is 0. The highest BCUT2D eigenvalue weighted by molar-refractivity contribution is 6.29. The summed E-state index contributed by atoms with van der Waals surface area (Å²) in [6.45, 7) is 0.621. The molecule has 6 heteroatoms. The molecule has 21 heavy (non-hydrogen) atoms. The molecule has 0 unspecified atom stereocenters. The Morgan fingerprint density at radius 1 is 1.00 bits per heavy atom. The maximum Gasteiger partial charge on any atom is 0.290 e. The first kappa shape index (κ1) is 13.6. The molecule has 0 radical (unpaired) electrons. The summed E-state index contributed by atoms with van der Waals surface area (Å²) in [6.07, 6.45) is 3.13. The fourth-order valence-corrected chi connectivity index (χ4v) is 2.11. The van der Waals surface area contributed by atoms with Gasteiger partial charge in [-0.1, -0.05) is 0 Å². The lowest BCUT2D eigenvalue weighted by Gasteiger charge is -2.19. The van der Waals surface area contributed by atoms with Gasteiger partial charge in [-0.15, -0.1) is 0 Å². The van der Waals surface area contributed by atoms with E-state index in [0.29, 0.717) is 24.6 Å². The molecular formula is C15H12ClNO4. The van der Waals surface area contributed by atoms with E-state index < -0.39 is 0 Å². The van der Waals surface area contributed by atoms with E-state index in [1.807, 2.05) is 0 Å². The van der Waals surface area contributed by atoms with Crippen LogP contribution in [0, 0.1) is 0 Å². The number of carbonyl (C=O) groups is 1. The van der Waals surface area contributed by atoms with Crippen molar-refractivity contribution in [3.8, 4) is 0 Å². The Morgan fingerprint density at radius 3 is 2.05 bits per heavy atom. The summed E-state index contributed by atoms with van der Waals surface area (Å²) >= 11 is 5.72. The average molecular weight is 306 g/mol. The molecule has 0 aliphatic carbocycles. The van der Waals surface area contributed by atoms with E-state index in [2.05, 4.69) is 0 Å². The molecular weight excluding hydrogens is 294 g/mol. The van der Waals surface area contributed by atoms with Crippen LogP contribution in [-0.2, 0) is 13.1 Å². The fraction of sp³-hybridized carbons (Fsp3) is 0.133. The van der Waals surface area contributed by atoms with Crippen LogP contribution >= 0.6 is 11.6 Å². The van der Waals surface area contributed by atoms with E-state index in [0.717, 1.165) is 0 Å². The van der Waals surface area contributed by atoms with E-state index in [-0.39, 0.29) is 16.9 Å². The Kier molecular flexibility index (Phi) is 3.83. The van der Waals surface area contributed by atoms with E-state index in [1.54, 1.807) is 47.8 Å². The fourth-order valence-electron chi connectivity index (χ4n) is 1.97. The Bertz CT molecular complexity index is 664. The standard InChI is InChI=1S/C15H12ClNO4/c16-14-6-5-13(21-14)15(18)17(9-11-3-1-7-19-11)10-12-4-2-8-20-12/h1-8H,9-10H2. The van der Waals surface area contributed by atoms with Gasteiger partial charge in [0.2, 0.25) is 0 Å². The van der Waals surface area contributed by atoms with Crippen molar-refractivity contribution < 1.29 is 18.0 Å². The Morgan fingerprint density at radius 2 is 1.62 bits per heavy atom. The molecule has 0 spiro atoms. The quantitative estimate of drug-likeness (QED) is 0.716. The smallest absolute Gasteiger partial charge is 0.290 e. The number of hydrogen-bond donors (Lipinski definition) is 0. The zero-order chi connectivity index (χ0) is 14.7. The molecule has 5 nitrogen and oxygen atoms in total. The highest BCUT2D eigenvalue weighted by atomic mass is 35.5. The summed E-state index contributed by atoms with van der Waals surface area (Å²) in [6, 6.07) is 10.2. The van der Waals surface area contributed by atoms with Crippen LogP contribution in [0.15, 0.2) is 62.2 Å². The first-order chi connectivity index (χ1) is 10.2. The van der Waals surface area contributed by atoms with Crippen molar-refractivity contribution in [3.63, 3.8) is 0 Å². The molecule has 3 aromatic rings. The highest BCUT2D eigenvalue weighted by Crippen LogP contribution is 2.18. The van der Waals surface area contributed by atoms with Gasteiger partial charge in [0.25, 0.3) is 5.91 Å². The minimum Gasteiger partial charge on any atom is -0.467 e. The minimum absolute atomic E-state index is 0.175. The molecule has 0 aliphatic rings. The van der Waals surface area contributed by atoms with Crippen molar-refractivity contribution >= 4 is 17.5 Å². The van der Waals surface area contributed by atoms with Crippen molar-refractivity contribution in [1.29, 1.82) is 0 Å². The highest BCUT2D eigenvalue weighted by Gasteiger charge is 2.21. The van der Waals surface area contributed by atoms with Gasteiger partial charge in [0, 0.05) is 0 Å². The molecule has 3 rings (SSSR count). The lowest BCUT2D eigenvalue weighted by atomic mass is 10.3. The van der Waals surface area contributed by atoms with Gasteiger partial charge in [-0.3, -0.25) is 4.79 Å². The maximum atomic E-state index is 12.5. The molecule has 0 fully saturated rings. The Labute approximate surface area is 125 Å². The lowest BCUT2D eigenvalue weighted by molar-refractivity contribution is 0.0672. The number of rotatable bonds is 5. The van der Waals surface area contributed by atoms with Gasteiger partial charge >= 0.3 is 0 Å². The number of hydrogen-bond acceptors (Lipinski definition) is 4. The summed E-state index contributed by atoms with van der Waals surface area (Å²) < 4.78 is 15.8. The Hall–Kier alpha value is -2.40. The SMILES string of the molecule is O=C(c1ccc(Cl)o1)N(Cc1ccco1)Cc1ccco1. The normalized spacial score (nSPS) is 10.7. The van der Waals surface area contributed by atoms with Crippen molar-refractivity contribution in [2.45, 2.75) is 13.1 Å². The van der Waals surface area contributed by atoms with Gasteiger partial charge in [-0.05, 0) is 48.0 Å². The van der Waals surface area contributed by atoms with Crippen LogP contribution in [-0.4, -0.2) is 10.8 Å². The first-order valence-electron chi connectivity index (χ1n) is 6.32. The van der Waals surface area contributed by atoms with Crippen LogP contribution < -0.4 is 0 Å². The molecule has 0 atom stereocenters. The number of furan rings is 3. The van der Waals surface area contributed by atoms with Crippen molar-refractivity contribution in [2.75, 3.05) is 0 Å². The van der Waals surface area contributed by atoms with E-state index in [4.69, 9.17) is 24.9 Å². The zero-order valence-electron chi connectivity index (χ0n) is 11.0. The number of halogens is 1. The molecule has 0 aromatic carbocycles.